The van der Waals surface area contributed by atoms with Crippen LogP contribution in [0.4, 0.5) is 5.69 Å². The lowest BCUT2D eigenvalue weighted by Crippen LogP contribution is -2.46. The van der Waals surface area contributed by atoms with Crippen molar-refractivity contribution in [2.45, 2.75) is 44.3 Å². The first-order valence-corrected chi connectivity index (χ1v) is 9.80. The van der Waals surface area contributed by atoms with E-state index in [9.17, 15) is 18.5 Å². The Bertz CT molecular complexity index is 712. The van der Waals surface area contributed by atoms with Gasteiger partial charge in [-0.15, -0.1) is 0 Å². The highest BCUT2D eigenvalue weighted by molar-refractivity contribution is 7.89. The molecule has 9 heteroatoms. The van der Waals surface area contributed by atoms with Crippen LogP contribution >= 0.6 is 0 Å². The van der Waals surface area contributed by atoms with Crippen molar-refractivity contribution in [3.63, 3.8) is 0 Å². The maximum absolute atomic E-state index is 12.5. The Morgan fingerprint density at radius 1 is 1.32 bits per heavy atom. The highest BCUT2D eigenvalue weighted by Crippen LogP contribution is 2.26. The predicted molar refractivity (Wildman–Crippen MR) is 94.1 cm³/mol. The first-order chi connectivity index (χ1) is 11.7. The summed E-state index contributed by atoms with van der Waals surface area (Å²) in [6, 6.07) is 4.24. The summed E-state index contributed by atoms with van der Waals surface area (Å²) in [5.74, 6) is 0. The number of hydrogen-bond acceptors (Lipinski definition) is 6. The molecule has 1 fully saturated rings. The summed E-state index contributed by atoms with van der Waals surface area (Å²) < 4.78 is 33.1. The van der Waals surface area contributed by atoms with Crippen molar-refractivity contribution in [3.8, 4) is 0 Å². The normalized spacial score (nSPS) is 22.0. The zero-order valence-corrected chi connectivity index (χ0v) is 15.6. The molecule has 1 N–H and O–H groups in total. The molecule has 2 atom stereocenters. The van der Waals surface area contributed by atoms with Crippen molar-refractivity contribution >= 4 is 15.7 Å². The van der Waals surface area contributed by atoms with Crippen LogP contribution in [0.25, 0.3) is 0 Å². The molecule has 1 heterocycles. The second-order valence-electron chi connectivity index (χ2n) is 6.45. The van der Waals surface area contributed by atoms with Crippen molar-refractivity contribution in [1.82, 2.24) is 9.62 Å². The fourth-order valence-electron chi connectivity index (χ4n) is 3.18. The lowest BCUT2D eigenvalue weighted by atomic mass is 10.2. The number of rotatable bonds is 7. The molecule has 140 valence electrons. The first kappa shape index (κ1) is 19.8. The van der Waals surface area contributed by atoms with Gasteiger partial charge in [0.2, 0.25) is 10.0 Å². The van der Waals surface area contributed by atoms with Gasteiger partial charge in [0.25, 0.3) is 5.69 Å². The summed E-state index contributed by atoms with van der Waals surface area (Å²) in [5, 5.41) is 11.1. The van der Waals surface area contributed by atoms with E-state index in [1.807, 2.05) is 13.8 Å². The van der Waals surface area contributed by atoms with Gasteiger partial charge in [0.15, 0.2) is 4.90 Å². The van der Waals surface area contributed by atoms with E-state index in [0.717, 1.165) is 19.6 Å². The number of nitro benzene ring substituents is 1. The minimum Gasteiger partial charge on any atom is -0.373 e. The highest BCUT2D eigenvalue weighted by Gasteiger charge is 2.27. The van der Waals surface area contributed by atoms with Gasteiger partial charge in [-0.25, -0.2) is 13.1 Å². The van der Waals surface area contributed by atoms with Crippen LogP contribution in [0.3, 0.4) is 0 Å². The summed E-state index contributed by atoms with van der Waals surface area (Å²) in [6.45, 7) is 8.20. The van der Waals surface area contributed by atoms with Gasteiger partial charge in [-0.2, -0.15) is 0 Å². The fourth-order valence-corrected chi connectivity index (χ4v) is 4.65. The van der Waals surface area contributed by atoms with E-state index in [-0.39, 0.29) is 23.6 Å². The van der Waals surface area contributed by atoms with Crippen molar-refractivity contribution in [2.75, 3.05) is 26.2 Å². The Morgan fingerprint density at radius 2 is 1.96 bits per heavy atom. The van der Waals surface area contributed by atoms with E-state index in [4.69, 9.17) is 4.74 Å². The second-order valence-corrected chi connectivity index (χ2v) is 8.15. The van der Waals surface area contributed by atoms with Crippen LogP contribution in [0, 0.1) is 17.0 Å². The van der Waals surface area contributed by atoms with E-state index in [2.05, 4.69) is 9.62 Å². The Morgan fingerprint density at radius 3 is 2.56 bits per heavy atom. The number of ether oxygens (including phenoxy) is 1. The van der Waals surface area contributed by atoms with Crippen molar-refractivity contribution in [3.05, 3.63) is 33.9 Å². The highest BCUT2D eigenvalue weighted by atomic mass is 32.2. The number of sulfonamides is 1. The minimum absolute atomic E-state index is 0.162. The molecular formula is C16H25N3O5S. The topological polar surface area (TPSA) is 102 Å². The fraction of sp³-hybridized carbons (Fsp3) is 0.625. The molecule has 0 unspecified atom stereocenters. The number of nitro groups is 1. The number of benzene rings is 1. The molecular weight excluding hydrogens is 346 g/mol. The average molecular weight is 371 g/mol. The Labute approximate surface area is 148 Å². The number of hydrogen-bond donors (Lipinski definition) is 1. The smallest absolute Gasteiger partial charge is 0.289 e. The zero-order valence-electron chi connectivity index (χ0n) is 14.8. The molecule has 2 rings (SSSR count). The van der Waals surface area contributed by atoms with E-state index >= 15 is 0 Å². The van der Waals surface area contributed by atoms with Gasteiger partial charge in [-0.3, -0.25) is 15.0 Å². The molecule has 0 aromatic heterocycles. The van der Waals surface area contributed by atoms with E-state index in [1.54, 1.807) is 13.0 Å². The number of nitrogens with one attached hydrogen (secondary N) is 1. The molecule has 0 saturated carbocycles. The lowest BCUT2D eigenvalue weighted by Gasteiger charge is -2.35. The molecule has 1 saturated heterocycles. The average Bonchev–Trinajstić information content (AvgIpc) is 2.50. The number of morpholine rings is 1. The molecule has 1 aromatic rings. The predicted octanol–water partition coefficient (Wildman–Crippen LogP) is 1.68. The van der Waals surface area contributed by atoms with Crippen molar-refractivity contribution in [1.29, 1.82) is 0 Å². The lowest BCUT2D eigenvalue weighted by molar-refractivity contribution is -0.387. The van der Waals surface area contributed by atoms with E-state index < -0.39 is 20.6 Å². The van der Waals surface area contributed by atoms with Gasteiger partial charge in [0.05, 0.1) is 17.1 Å². The van der Waals surface area contributed by atoms with Crippen LogP contribution in [0.2, 0.25) is 0 Å². The standard InChI is InChI=1S/C16H25N3O5S/c1-12-6-4-7-15(19(20)21)16(12)25(22,23)17-8-5-9-18-10-13(2)24-14(3)11-18/h4,6-7,13-14,17H,5,8-11H2,1-3H3/t13-,14-/m1/s1. The van der Waals surface area contributed by atoms with Crippen LogP contribution in [-0.2, 0) is 14.8 Å². The van der Waals surface area contributed by atoms with Crippen LogP contribution in [0.5, 0.6) is 0 Å². The van der Waals surface area contributed by atoms with Gasteiger partial charge in [0.1, 0.15) is 0 Å². The molecule has 1 aliphatic rings. The monoisotopic (exact) mass is 371 g/mol. The largest absolute Gasteiger partial charge is 0.373 e. The van der Waals surface area contributed by atoms with Gasteiger partial charge in [-0.1, -0.05) is 12.1 Å². The third kappa shape index (κ3) is 5.21. The molecule has 0 bridgehead atoms. The van der Waals surface area contributed by atoms with Gasteiger partial charge in [-0.05, 0) is 39.3 Å². The molecule has 0 amide bonds. The first-order valence-electron chi connectivity index (χ1n) is 8.32. The van der Waals surface area contributed by atoms with Crippen LogP contribution < -0.4 is 4.72 Å². The maximum atomic E-state index is 12.5. The zero-order chi connectivity index (χ0) is 18.6. The van der Waals surface area contributed by atoms with Crippen molar-refractivity contribution < 1.29 is 18.1 Å². The summed E-state index contributed by atoms with van der Waals surface area (Å²) in [7, 11) is -3.93. The van der Waals surface area contributed by atoms with Crippen molar-refractivity contribution in [2.24, 2.45) is 0 Å². The molecule has 1 aromatic carbocycles. The molecule has 0 spiro atoms. The summed E-state index contributed by atoms with van der Waals surface area (Å²) >= 11 is 0. The Balaban J connectivity index is 1.96. The van der Waals surface area contributed by atoms with Crippen LogP contribution in [-0.4, -0.2) is 56.6 Å². The SMILES string of the molecule is Cc1cccc([N+](=O)[O-])c1S(=O)(=O)NCCCN1C[C@@H](C)O[C@H](C)C1. The summed E-state index contributed by atoms with van der Waals surface area (Å²) in [5.41, 5.74) is -0.0409. The Kier molecular flexibility index (Phi) is 6.50. The molecule has 8 nitrogen and oxygen atoms in total. The van der Waals surface area contributed by atoms with Crippen LogP contribution in [0.15, 0.2) is 23.1 Å². The third-order valence-corrected chi connectivity index (χ3v) is 5.75. The molecule has 1 aliphatic heterocycles. The summed E-state index contributed by atoms with van der Waals surface area (Å²) in [6.07, 6.45) is 0.948. The van der Waals surface area contributed by atoms with E-state index in [0.29, 0.717) is 12.0 Å². The minimum atomic E-state index is -3.93. The number of aryl methyl sites for hydroxylation is 1. The van der Waals surface area contributed by atoms with Gasteiger partial charge < -0.3 is 4.74 Å². The van der Waals surface area contributed by atoms with Gasteiger partial charge >= 0.3 is 0 Å². The number of nitrogens with zero attached hydrogens (tertiary/aromatic N) is 2. The molecule has 25 heavy (non-hydrogen) atoms. The molecule has 0 aliphatic carbocycles. The quantitative estimate of drug-likeness (QED) is 0.444. The second kappa shape index (κ2) is 8.22. The summed E-state index contributed by atoms with van der Waals surface area (Å²) in [4.78, 5) is 12.4. The molecule has 0 radical (unpaired) electrons. The Hall–Kier alpha value is -1.55. The maximum Gasteiger partial charge on any atom is 0.289 e. The third-order valence-electron chi connectivity index (χ3n) is 4.09. The van der Waals surface area contributed by atoms with Gasteiger partial charge in [0, 0.05) is 25.7 Å². The van der Waals surface area contributed by atoms with E-state index in [1.165, 1.54) is 12.1 Å². The van der Waals surface area contributed by atoms with Crippen LogP contribution in [0.1, 0.15) is 25.8 Å².